The predicted molar refractivity (Wildman–Crippen MR) is 103 cm³/mol. The Hall–Kier alpha value is -0.823. The van der Waals surface area contributed by atoms with Gasteiger partial charge in [0, 0.05) is 0 Å². The van der Waals surface area contributed by atoms with Crippen LogP contribution in [0, 0.1) is 23.7 Å². The molecule has 0 N–H and O–H groups in total. The highest BCUT2D eigenvalue weighted by atomic mass is 28.3. The van der Waals surface area contributed by atoms with Crippen molar-refractivity contribution < 1.29 is 0 Å². The predicted octanol–water partition coefficient (Wildman–Crippen LogP) is 6.52. The van der Waals surface area contributed by atoms with Crippen LogP contribution in [0.2, 0.25) is 23.2 Å². The molecule has 0 spiro atoms. The van der Waals surface area contributed by atoms with Crippen molar-refractivity contribution in [3.8, 4) is 0 Å². The molecule has 124 valence electrons. The molecule has 4 aliphatic rings. The molecule has 4 aliphatic carbocycles. The van der Waals surface area contributed by atoms with Crippen LogP contribution in [0.25, 0.3) is 0 Å². The third kappa shape index (κ3) is 2.56. The summed E-state index contributed by atoms with van der Waals surface area (Å²) in [6.45, 7) is 5.08. The first kappa shape index (κ1) is 15.7. The van der Waals surface area contributed by atoms with Gasteiger partial charge in [0.05, 0.1) is 8.07 Å². The van der Waals surface area contributed by atoms with E-state index < -0.39 is 8.07 Å². The van der Waals surface area contributed by atoms with Gasteiger partial charge >= 0.3 is 0 Å². The quantitative estimate of drug-likeness (QED) is 0.516. The lowest BCUT2D eigenvalue weighted by Gasteiger charge is -2.42. The van der Waals surface area contributed by atoms with E-state index in [0.717, 1.165) is 34.8 Å². The van der Waals surface area contributed by atoms with E-state index in [1.807, 2.05) is 0 Å². The average molecular weight is 325 g/mol. The fraction of sp³-hybridized carbons (Fsp3) is 0.636. The molecular weight excluding hydrogens is 292 g/mol. The summed E-state index contributed by atoms with van der Waals surface area (Å²) >= 11 is 0. The van der Waals surface area contributed by atoms with E-state index in [2.05, 4.69) is 62.5 Å². The molecular formula is C22H32Si. The molecule has 0 bridgehead atoms. The fourth-order valence-electron chi connectivity index (χ4n) is 6.60. The van der Waals surface area contributed by atoms with Gasteiger partial charge in [-0.3, -0.25) is 0 Å². The summed E-state index contributed by atoms with van der Waals surface area (Å²) in [6, 6.07) is 3.02. The van der Waals surface area contributed by atoms with Crippen molar-refractivity contribution >= 4 is 8.07 Å². The number of hydrogen-bond donors (Lipinski definition) is 0. The monoisotopic (exact) mass is 324 g/mol. The van der Waals surface area contributed by atoms with Crippen LogP contribution in [0.3, 0.4) is 0 Å². The van der Waals surface area contributed by atoms with Gasteiger partial charge in [-0.25, -0.2) is 0 Å². The van der Waals surface area contributed by atoms with Gasteiger partial charge in [-0.2, -0.15) is 0 Å². The molecule has 4 unspecified atom stereocenters. The van der Waals surface area contributed by atoms with Crippen LogP contribution in [0.1, 0.15) is 39.5 Å². The SMILES string of the molecule is CC[Si](CC)(C1CC2C=CC=CC2C1)C1CC2C=CC=CC2C1. The fourth-order valence-corrected chi connectivity index (χ4v) is 13.0. The minimum Gasteiger partial charge on any atom is -0.0808 e. The normalized spacial score (nSPS) is 41.3. The summed E-state index contributed by atoms with van der Waals surface area (Å²) in [4.78, 5) is 0. The third-order valence-electron chi connectivity index (χ3n) is 7.92. The molecule has 0 saturated heterocycles. The Morgan fingerprint density at radius 2 is 0.913 bits per heavy atom. The van der Waals surface area contributed by atoms with Gasteiger partial charge in [-0.15, -0.1) is 0 Å². The molecule has 0 aromatic carbocycles. The molecule has 0 nitrogen and oxygen atoms in total. The lowest BCUT2D eigenvalue weighted by atomic mass is 9.92. The van der Waals surface area contributed by atoms with Gasteiger partial charge < -0.3 is 0 Å². The second-order valence-electron chi connectivity index (χ2n) is 8.47. The van der Waals surface area contributed by atoms with E-state index in [0.29, 0.717) is 0 Å². The Bertz CT molecular complexity index is 462. The van der Waals surface area contributed by atoms with Crippen molar-refractivity contribution in [2.45, 2.75) is 62.7 Å². The van der Waals surface area contributed by atoms with E-state index in [-0.39, 0.29) is 0 Å². The van der Waals surface area contributed by atoms with Crippen LogP contribution in [0.15, 0.2) is 48.6 Å². The molecule has 0 aromatic rings. The van der Waals surface area contributed by atoms with Crippen molar-refractivity contribution in [3.05, 3.63) is 48.6 Å². The molecule has 2 fully saturated rings. The Balaban J connectivity index is 1.57. The van der Waals surface area contributed by atoms with E-state index in [9.17, 15) is 0 Å². The summed E-state index contributed by atoms with van der Waals surface area (Å²) in [5.41, 5.74) is 2.14. The highest BCUT2D eigenvalue weighted by molar-refractivity contribution is 6.82. The number of fused-ring (bicyclic) bond motifs is 2. The maximum absolute atomic E-state index is 2.54. The van der Waals surface area contributed by atoms with Crippen molar-refractivity contribution in [1.82, 2.24) is 0 Å². The standard InChI is InChI=1S/C22H32Si/c1-3-23(4-2,21-13-17-9-5-6-10-18(17)14-21)22-15-19-11-7-8-12-20(19)16-22/h5-12,17-22H,3-4,13-16H2,1-2H3. The van der Waals surface area contributed by atoms with Crippen LogP contribution in [0.5, 0.6) is 0 Å². The smallest absolute Gasteiger partial charge is 0.0593 e. The molecule has 2 saturated carbocycles. The average Bonchev–Trinajstić information content (AvgIpc) is 3.21. The highest BCUT2D eigenvalue weighted by Gasteiger charge is 2.52. The van der Waals surface area contributed by atoms with Gasteiger partial charge in [-0.05, 0) is 60.4 Å². The first-order valence-electron chi connectivity index (χ1n) is 9.96. The lowest BCUT2D eigenvalue weighted by Crippen LogP contribution is -2.42. The molecule has 0 amide bonds. The van der Waals surface area contributed by atoms with Crippen molar-refractivity contribution in [3.63, 3.8) is 0 Å². The third-order valence-corrected chi connectivity index (χ3v) is 14.8. The molecule has 0 radical (unpaired) electrons. The zero-order valence-corrected chi connectivity index (χ0v) is 15.8. The van der Waals surface area contributed by atoms with Gasteiger partial charge in [0.25, 0.3) is 0 Å². The summed E-state index contributed by atoms with van der Waals surface area (Å²) in [5, 5.41) is 0. The Morgan fingerprint density at radius 1 is 0.609 bits per heavy atom. The lowest BCUT2D eigenvalue weighted by molar-refractivity contribution is 0.552. The van der Waals surface area contributed by atoms with Crippen LogP contribution in [0.4, 0.5) is 0 Å². The number of allylic oxidation sites excluding steroid dienone is 8. The first-order valence-corrected chi connectivity index (χ1v) is 12.5. The minimum atomic E-state index is -1.19. The van der Waals surface area contributed by atoms with Crippen LogP contribution in [-0.2, 0) is 0 Å². The van der Waals surface area contributed by atoms with E-state index in [1.54, 1.807) is 0 Å². The number of hydrogen-bond acceptors (Lipinski definition) is 0. The molecule has 0 heterocycles. The van der Waals surface area contributed by atoms with Gasteiger partial charge in [-0.1, -0.05) is 74.5 Å². The van der Waals surface area contributed by atoms with Crippen LogP contribution >= 0.6 is 0 Å². The second kappa shape index (κ2) is 6.24. The van der Waals surface area contributed by atoms with E-state index in [4.69, 9.17) is 0 Å². The second-order valence-corrected chi connectivity index (χ2v) is 14.0. The minimum absolute atomic E-state index is 0.860. The molecule has 0 aliphatic heterocycles. The zero-order valence-electron chi connectivity index (χ0n) is 14.8. The van der Waals surface area contributed by atoms with Crippen molar-refractivity contribution in [2.75, 3.05) is 0 Å². The molecule has 23 heavy (non-hydrogen) atoms. The summed E-state index contributed by atoms with van der Waals surface area (Å²) in [6.07, 6.45) is 25.2. The molecule has 0 aromatic heterocycles. The van der Waals surface area contributed by atoms with Gasteiger partial charge in [0.2, 0.25) is 0 Å². The van der Waals surface area contributed by atoms with Crippen LogP contribution < -0.4 is 0 Å². The summed E-state index contributed by atoms with van der Waals surface area (Å²) in [5.74, 6) is 3.44. The van der Waals surface area contributed by atoms with Gasteiger partial charge in [0.15, 0.2) is 0 Å². The summed E-state index contributed by atoms with van der Waals surface area (Å²) in [7, 11) is -1.19. The molecule has 1 heteroatoms. The van der Waals surface area contributed by atoms with E-state index >= 15 is 0 Å². The maximum atomic E-state index is 2.54. The molecule has 4 rings (SSSR count). The topological polar surface area (TPSA) is 0 Å². The van der Waals surface area contributed by atoms with Crippen molar-refractivity contribution in [2.24, 2.45) is 23.7 Å². The first-order chi connectivity index (χ1) is 11.3. The van der Waals surface area contributed by atoms with Crippen LogP contribution in [-0.4, -0.2) is 8.07 Å². The Labute approximate surface area is 143 Å². The van der Waals surface area contributed by atoms with Gasteiger partial charge in [0.1, 0.15) is 0 Å². The summed E-state index contributed by atoms with van der Waals surface area (Å²) < 4.78 is 0. The maximum Gasteiger partial charge on any atom is 0.0593 e. The molecule has 4 atom stereocenters. The largest absolute Gasteiger partial charge is 0.0808 e. The number of rotatable bonds is 4. The zero-order chi connectivity index (χ0) is 15.9. The Kier molecular flexibility index (Phi) is 4.26. The van der Waals surface area contributed by atoms with E-state index in [1.165, 1.54) is 37.8 Å². The highest BCUT2D eigenvalue weighted by Crippen LogP contribution is 2.59. The Morgan fingerprint density at radius 3 is 1.17 bits per heavy atom. The van der Waals surface area contributed by atoms with Crippen molar-refractivity contribution in [1.29, 1.82) is 0 Å².